The molecule has 0 aliphatic rings. The minimum Gasteiger partial charge on any atom is -0.506 e. The molecule has 0 amide bonds. The second-order valence-corrected chi connectivity index (χ2v) is 12.3. The van der Waals surface area contributed by atoms with Gasteiger partial charge >= 0.3 is 0 Å². The fraction of sp³-hybridized carbons (Fsp3) is 0.273. The van der Waals surface area contributed by atoms with Gasteiger partial charge in [-0.25, -0.2) is 8.42 Å². The van der Waals surface area contributed by atoms with Crippen LogP contribution in [0.25, 0.3) is 16.6 Å². The molecule has 0 radical (unpaired) electrons. The van der Waals surface area contributed by atoms with Crippen molar-refractivity contribution >= 4 is 60.6 Å². The van der Waals surface area contributed by atoms with Crippen LogP contribution in [-0.4, -0.2) is 31.5 Å². The zero-order valence-corrected chi connectivity index (χ0v) is 21.1. The maximum Gasteiger partial charge on any atom is 0.229 e. The SMILES string of the molecule is C=C(Nc1cc(C(C)(C)I)cc(NS(C)(=O)=O)c1OC)c1cc2cccc(O)c2n1C. The van der Waals surface area contributed by atoms with Gasteiger partial charge in [0.2, 0.25) is 10.0 Å². The monoisotopic (exact) mass is 555 g/mol. The van der Waals surface area contributed by atoms with Gasteiger partial charge in [-0.3, -0.25) is 4.72 Å². The molecule has 0 spiro atoms. The zero-order chi connectivity index (χ0) is 23.1. The number of aromatic nitrogens is 1. The Balaban J connectivity index is 2.11. The number of sulfonamides is 1. The predicted octanol–water partition coefficient (Wildman–Crippen LogP) is 5.02. The number of aryl methyl sites for hydroxylation is 1. The number of nitrogens with zero attached hydrogens (tertiary/aromatic N) is 1. The van der Waals surface area contributed by atoms with Crippen molar-refractivity contribution in [2.45, 2.75) is 17.3 Å². The molecule has 0 bridgehead atoms. The highest BCUT2D eigenvalue weighted by molar-refractivity contribution is 14.1. The van der Waals surface area contributed by atoms with Crippen LogP contribution in [0, 0.1) is 0 Å². The van der Waals surface area contributed by atoms with Crippen molar-refractivity contribution < 1.29 is 18.3 Å². The summed E-state index contributed by atoms with van der Waals surface area (Å²) in [5.74, 6) is 0.544. The Labute approximate surface area is 196 Å². The third-order valence-electron chi connectivity index (χ3n) is 4.90. The number of hydrogen-bond donors (Lipinski definition) is 3. The fourth-order valence-electron chi connectivity index (χ4n) is 3.47. The molecule has 0 aliphatic carbocycles. The van der Waals surface area contributed by atoms with Crippen molar-refractivity contribution in [1.29, 1.82) is 0 Å². The normalized spacial score (nSPS) is 12.1. The van der Waals surface area contributed by atoms with E-state index in [-0.39, 0.29) is 9.17 Å². The topological polar surface area (TPSA) is 92.6 Å². The molecule has 0 saturated heterocycles. The maximum atomic E-state index is 11.9. The summed E-state index contributed by atoms with van der Waals surface area (Å²) in [6.07, 6.45) is 1.10. The van der Waals surface area contributed by atoms with Gasteiger partial charge in [-0.05, 0) is 43.7 Å². The molecule has 7 nitrogen and oxygen atoms in total. The number of alkyl halides is 1. The summed E-state index contributed by atoms with van der Waals surface area (Å²) in [7, 11) is -0.177. The van der Waals surface area contributed by atoms with Crippen LogP contribution in [0.4, 0.5) is 11.4 Å². The van der Waals surface area contributed by atoms with E-state index in [0.717, 1.165) is 22.9 Å². The number of fused-ring (bicyclic) bond motifs is 1. The van der Waals surface area contributed by atoms with Crippen molar-refractivity contribution in [2.24, 2.45) is 7.05 Å². The highest BCUT2D eigenvalue weighted by Gasteiger charge is 2.23. The Bertz CT molecular complexity index is 1270. The van der Waals surface area contributed by atoms with Gasteiger partial charge in [0.25, 0.3) is 0 Å². The number of para-hydroxylation sites is 1. The smallest absolute Gasteiger partial charge is 0.229 e. The van der Waals surface area contributed by atoms with Crippen molar-refractivity contribution in [3.8, 4) is 11.5 Å². The summed E-state index contributed by atoms with van der Waals surface area (Å²) in [5.41, 5.74) is 3.88. The predicted molar refractivity (Wildman–Crippen MR) is 136 cm³/mol. The van der Waals surface area contributed by atoms with Gasteiger partial charge in [-0.2, -0.15) is 0 Å². The van der Waals surface area contributed by atoms with Gasteiger partial charge in [0.15, 0.2) is 5.75 Å². The summed E-state index contributed by atoms with van der Waals surface area (Å²) in [4.78, 5) is 0. The summed E-state index contributed by atoms with van der Waals surface area (Å²) in [5, 5.41) is 14.4. The van der Waals surface area contributed by atoms with Gasteiger partial charge in [0.1, 0.15) is 5.75 Å². The van der Waals surface area contributed by atoms with E-state index < -0.39 is 10.0 Å². The van der Waals surface area contributed by atoms with Crippen LogP contribution in [0.1, 0.15) is 25.1 Å². The Morgan fingerprint density at radius 1 is 1.23 bits per heavy atom. The Hall–Kier alpha value is -2.40. The first-order valence-corrected chi connectivity index (χ1v) is 12.4. The van der Waals surface area contributed by atoms with Gasteiger partial charge in [-0.1, -0.05) is 41.3 Å². The number of phenolic OH excluding ortho intramolecular Hbond substituents is 1. The molecular formula is C22H26IN3O4S. The van der Waals surface area contributed by atoms with Gasteiger partial charge in [-0.15, -0.1) is 0 Å². The Morgan fingerprint density at radius 3 is 2.42 bits per heavy atom. The molecule has 3 rings (SSSR count). The lowest BCUT2D eigenvalue weighted by Crippen LogP contribution is -2.14. The van der Waals surface area contributed by atoms with Crippen molar-refractivity contribution in [2.75, 3.05) is 23.4 Å². The zero-order valence-electron chi connectivity index (χ0n) is 18.1. The lowest BCUT2D eigenvalue weighted by Gasteiger charge is -2.23. The molecule has 0 atom stereocenters. The molecule has 31 heavy (non-hydrogen) atoms. The molecule has 1 aromatic heterocycles. The number of anilines is 2. The molecule has 3 aromatic rings. The summed E-state index contributed by atoms with van der Waals surface area (Å²) >= 11 is 2.30. The third kappa shape index (κ3) is 4.93. The number of aromatic hydroxyl groups is 1. The van der Waals surface area contributed by atoms with E-state index >= 15 is 0 Å². The Kier molecular flexibility index (Phi) is 6.21. The maximum absolute atomic E-state index is 11.9. The van der Waals surface area contributed by atoms with Crippen molar-refractivity contribution in [3.05, 3.63) is 54.2 Å². The van der Waals surface area contributed by atoms with Crippen LogP contribution >= 0.6 is 22.6 Å². The molecule has 0 unspecified atom stereocenters. The highest BCUT2D eigenvalue weighted by atomic mass is 127. The lowest BCUT2D eigenvalue weighted by atomic mass is 10.0. The number of ether oxygens (including phenoxy) is 1. The molecule has 1 heterocycles. The van der Waals surface area contributed by atoms with Crippen LogP contribution in [0.3, 0.4) is 0 Å². The van der Waals surface area contributed by atoms with E-state index in [1.54, 1.807) is 18.2 Å². The molecule has 2 aromatic carbocycles. The molecule has 0 aliphatic heterocycles. The van der Waals surface area contributed by atoms with E-state index in [4.69, 9.17) is 4.74 Å². The van der Waals surface area contributed by atoms with Crippen LogP contribution in [-0.2, 0) is 20.5 Å². The fourth-order valence-corrected chi connectivity index (χ4v) is 4.33. The van der Waals surface area contributed by atoms with Crippen LogP contribution in [0.5, 0.6) is 11.5 Å². The third-order valence-corrected chi connectivity index (χ3v) is 6.12. The van der Waals surface area contributed by atoms with Gasteiger partial charge < -0.3 is 19.7 Å². The van der Waals surface area contributed by atoms with E-state index in [2.05, 4.69) is 39.2 Å². The van der Waals surface area contributed by atoms with Gasteiger partial charge in [0, 0.05) is 15.9 Å². The number of halogens is 1. The molecule has 3 N–H and O–H groups in total. The minimum absolute atomic E-state index is 0.185. The van der Waals surface area contributed by atoms with Crippen LogP contribution in [0.15, 0.2) is 43.0 Å². The largest absolute Gasteiger partial charge is 0.506 e. The van der Waals surface area contributed by atoms with Gasteiger partial charge in [0.05, 0.1) is 41.6 Å². The first-order chi connectivity index (χ1) is 14.3. The lowest BCUT2D eigenvalue weighted by molar-refractivity contribution is 0.418. The number of rotatable bonds is 7. The summed E-state index contributed by atoms with van der Waals surface area (Å²) in [6.45, 7) is 8.23. The Morgan fingerprint density at radius 2 is 1.87 bits per heavy atom. The summed E-state index contributed by atoms with van der Waals surface area (Å²) in [6, 6.07) is 11.0. The first-order valence-electron chi connectivity index (χ1n) is 9.44. The van der Waals surface area contributed by atoms with E-state index in [0.29, 0.717) is 28.3 Å². The number of phenols is 1. The van der Waals surface area contributed by atoms with E-state index in [1.165, 1.54) is 7.11 Å². The van der Waals surface area contributed by atoms with Crippen LogP contribution < -0.4 is 14.8 Å². The summed E-state index contributed by atoms with van der Waals surface area (Å²) < 4.78 is 33.5. The number of hydrogen-bond acceptors (Lipinski definition) is 5. The first kappa shape index (κ1) is 23.3. The molecule has 0 fully saturated rings. The van der Waals surface area contributed by atoms with Crippen molar-refractivity contribution in [3.63, 3.8) is 0 Å². The standard InChI is InChI=1S/C22H26IN3O4S/c1-13(18-10-14-8-7-9-19(27)20(14)26(18)4)24-16-11-15(22(2,3)23)12-17(21(16)30-5)25-31(6,28)29/h7-12,24-25,27H,1H2,2-6H3. The molecule has 0 saturated carbocycles. The number of nitrogens with one attached hydrogen (secondary N) is 2. The average Bonchev–Trinajstić information content (AvgIpc) is 2.97. The second kappa shape index (κ2) is 8.27. The number of methoxy groups -OCH3 is 1. The molecule has 166 valence electrons. The highest BCUT2D eigenvalue weighted by Crippen LogP contribution is 2.42. The average molecular weight is 555 g/mol. The van der Waals surface area contributed by atoms with E-state index in [9.17, 15) is 13.5 Å². The minimum atomic E-state index is -3.51. The quantitative estimate of drug-likeness (QED) is 0.282. The van der Waals surface area contributed by atoms with Crippen LogP contribution in [0.2, 0.25) is 0 Å². The number of benzene rings is 2. The molecular weight excluding hydrogens is 529 g/mol. The van der Waals surface area contributed by atoms with E-state index in [1.807, 2.05) is 43.7 Å². The molecule has 9 heteroatoms. The van der Waals surface area contributed by atoms with Crippen molar-refractivity contribution in [1.82, 2.24) is 4.57 Å². The second-order valence-electron chi connectivity index (χ2n) is 7.86.